The molecule has 0 saturated carbocycles. The molecule has 0 saturated heterocycles. The number of nitrogens with one attached hydrogen (secondary N) is 1. The number of para-hydroxylation sites is 1. The van der Waals surface area contributed by atoms with Crippen LogP contribution in [0, 0.1) is 0 Å². The van der Waals surface area contributed by atoms with Crippen molar-refractivity contribution in [2.24, 2.45) is 5.10 Å². The second kappa shape index (κ2) is 5.76. The Bertz CT molecular complexity index is 547. The molecule has 0 heterocycles. The van der Waals surface area contributed by atoms with E-state index in [2.05, 4.69) is 10.5 Å². The molecule has 92 valence electrons. The van der Waals surface area contributed by atoms with E-state index in [4.69, 9.17) is 23.2 Å². The Morgan fingerprint density at radius 1 is 1.06 bits per heavy atom. The van der Waals surface area contributed by atoms with E-state index in [0.717, 1.165) is 5.69 Å². The third kappa shape index (κ3) is 3.15. The van der Waals surface area contributed by atoms with Crippen molar-refractivity contribution >= 4 is 35.1 Å². The van der Waals surface area contributed by atoms with Crippen LogP contribution in [0.4, 0.5) is 5.69 Å². The number of hydrogen-bond acceptors (Lipinski definition) is 3. The molecule has 0 aliphatic carbocycles. The lowest BCUT2D eigenvalue weighted by Gasteiger charge is -2.02. The number of benzene rings is 2. The molecule has 2 rings (SSSR count). The van der Waals surface area contributed by atoms with Crippen molar-refractivity contribution in [2.45, 2.75) is 0 Å². The maximum Gasteiger partial charge on any atom is 0.152 e. The van der Waals surface area contributed by atoms with Crippen LogP contribution in [-0.2, 0) is 0 Å². The number of phenols is 1. The molecule has 2 aromatic rings. The molecule has 18 heavy (non-hydrogen) atoms. The van der Waals surface area contributed by atoms with Crippen LogP contribution >= 0.6 is 23.2 Å². The lowest BCUT2D eigenvalue weighted by molar-refractivity contribution is 0.476. The quantitative estimate of drug-likeness (QED) is 0.655. The van der Waals surface area contributed by atoms with Crippen molar-refractivity contribution < 1.29 is 5.11 Å². The van der Waals surface area contributed by atoms with Gasteiger partial charge in [-0.1, -0.05) is 41.4 Å². The maximum absolute atomic E-state index is 9.41. The molecule has 0 aliphatic heterocycles. The Morgan fingerprint density at radius 2 is 1.67 bits per heavy atom. The molecule has 0 aliphatic rings. The minimum atomic E-state index is -0.119. The predicted octanol–water partition coefficient (Wildman–Crippen LogP) is 4.15. The predicted molar refractivity (Wildman–Crippen MR) is 75.8 cm³/mol. The van der Waals surface area contributed by atoms with E-state index in [1.54, 1.807) is 18.3 Å². The molecular formula is C13H10Cl2N2O. The standard InChI is InChI=1S/C13H10Cl2N2O/c14-11-6-9(7-12(15)13(11)18)8-16-17-10-4-2-1-3-5-10/h1-8,17-18H/b16-8+. The molecular weight excluding hydrogens is 271 g/mol. The van der Waals surface area contributed by atoms with Crippen LogP contribution in [0.5, 0.6) is 5.75 Å². The highest BCUT2D eigenvalue weighted by atomic mass is 35.5. The van der Waals surface area contributed by atoms with E-state index in [0.29, 0.717) is 5.56 Å². The zero-order chi connectivity index (χ0) is 13.0. The summed E-state index contributed by atoms with van der Waals surface area (Å²) in [6.45, 7) is 0. The van der Waals surface area contributed by atoms with Crippen LogP contribution in [0.25, 0.3) is 0 Å². The van der Waals surface area contributed by atoms with Gasteiger partial charge in [0, 0.05) is 0 Å². The van der Waals surface area contributed by atoms with Crippen molar-refractivity contribution in [2.75, 3.05) is 5.43 Å². The number of hydrogen-bond donors (Lipinski definition) is 2. The zero-order valence-corrected chi connectivity index (χ0v) is 10.8. The minimum absolute atomic E-state index is 0.119. The van der Waals surface area contributed by atoms with E-state index in [1.165, 1.54) is 0 Å². The summed E-state index contributed by atoms with van der Waals surface area (Å²) >= 11 is 11.6. The summed E-state index contributed by atoms with van der Waals surface area (Å²) in [4.78, 5) is 0. The Kier molecular flexibility index (Phi) is 4.07. The van der Waals surface area contributed by atoms with Gasteiger partial charge in [-0.15, -0.1) is 0 Å². The molecule has 0 amide bonds. The van der Waals surface area contributed by atoms with E-state index >= 15 is 0 Å². The summed E-state index contributed by atoms with van der Waals surface area (Å²) in [5.41, 5.74) is 4.45. The summed E-state index contributed by atoms with van der Waals surface area (Å²) in [6, 6.07) is 12.7. The number of aromatic hydroxyl groups is 1. The third-order valence-electron chi connectivity index (χ3n) is 2.22. The topological polar surface area (TPSA) is 44.6 Å². The molecule has 5 heteroatoms. The van der Waals surface area contributed by atoms with Crippen LogP contribution in [0.15, 0.2) is 47.6 Å². The zero-order valence-electron chi connectivity index (χ0n) is 9.27. The highest BCUT2D eigenvalue weighted by Gasteiger charge is 2.04. The molecule has 2 N–H and O–H groups in total. The van der Waals surface area contributed by atoms with E-state index in [-0.39, 0.29) is 15.8 Å². The summed E-state index contributed by atoms with van der Waals surface area (Å²) in [5, 5.41) is 13.9. The molecule has 0 bridgehead atoms. The number of nitrogens with zero attached hydrogens (tertiary/aromatic N) is 1. The van der Waals surface area contributed by atoms with Crippen molar-refractivity contribution in [3.8, 4) is 5.75 Å². The highest BCUT2D eigenvalue weighted by molar-refractivity contribution is 6.37. The summed E-state index contributed by atoms with van der Waals surface area (Å²) in [6.07, 6.45) is 1.57. The number of halogens is 2. The Labute approximate surface area is 115 Å². The Hall–Kier alpha value is -1.71. The molecule has 0 radical (unpaired) electrons. The average Bonchev–Trinajstić information content (AvgIpc) is 2.37. The molecule has 0 aromatic heterocycles. The van der Waals surface area contributed by atoms with Gasteiger partial charge in [0.1, 0.15) is 0 Å². The van der Waals surface area contributed by atoms with Crippen LogP contribution in [0.3, 0.4) is 0 Å². The van der Waals surface area contributed by atoms with Crippen LogP contribution < -0.4 is 5.43 Å². The Morgan fingerprint density at radius 3 is 2.28 bits per heavy atom. The van der Waals surface area contributed by atoms with E-state index < -0.39 is 0 Å². The van der Waals surface area contributed by atoms with Gasteiger partial charge >= 0.3 is 0 Å². The van der Waals surface area contributed by atoms with Crippen molar-refractivity contribution in [3.05, 3.63) is 58.1 Å². The van der Waals surface area contributed by atoms with Gasteiger partial charge in [0.2, 0.25) is 0 Å². The van der Waals surface area contributed by atoms with Gasteiger partial charge in [0.15, 0.2) is 5.75 Å². The monoisotopic (exact) mass is 280 g/mol. The third-order valence-corrected chi connectivity index (χ3v) is 2.80. The van der Waals surface area contributed by atoms with Gasteiger partial charge in [-0.25, -0.2) is 0 Å². The van der Waals surface area contributed by atoms with Gasteiger partial charge in [-0.05, 0) is 29.8 Å². The average molecular weight is 281 g/mol. The maximum atomic E-state index is 9.41. The van der Waals surface area contributed by atoms with E-state index in [9.17, 15) is 5.11 Å². The fourth-order valence-electron chi connectivity index (χ4n) is 1.35. The summed E-state index contributed by atoms with van der Waals surface area (Å²) < 4.78 is 0. The number of anilines is 1. The first-order valence-electron chi connectivity index (χ1n) is 5.19. The Balaban J connectivity index is 2.10. The summed E-state index contributed by atoms with van der Waals surface area (Å²) in [7, 11) is 0. The molecule has 0 spiro atoms. The first kappa shape index (κ1) is 12.7. The second-order valence-corrected chi connectivity index (χ2v) is 4.38. The van der Waals surface area contributed by atoms with Crippen LogP contribution in [-0.4, -0.2) is 11.3 Å². The number of phenolic OH excluding ortho intramolecular Hbond substituents is 1. The van der Waals surface area contributed by atoms with Gasteiger partial charge in [0.05, 0.1) is 21.9 Å². The lowest BCUT2D eigenvalue weighted by Crippen LogP contribution is -1.90. The fraction of sp³-hybridized carbons (Fsp3) is 0. The van der Waals surface area contributed by atoms with Gasteiger partial charge in [-0.2, -0.15) is 5.10 Å². The van der Waals surface area contributed by atoms with Crippen LogP contribution in [0.2, 0.25) is 10.0 Å². The van der Waals surface area contributed by atoms with E-state index in [1.807, 2.05) is 30.3 Å². The van der Waals surface area contributed by atoms with Gasteiger partial charge in [-0.3, -0.25) is 5.43 Å². The molecule has 2 aromatic carbocycles. The van der Waals surface area contributed by atoms with Crippen LogP contribution in [0.1, 0.15) is 5.56 Å². The minimum Gasteiger partial charge on any atom is -0.505 e. The van der Waals surface area contributed by atoms with Crippen molar-refractivity contribution in [3.63, 3.8) is 0 Å². The molecule has 0 fully saturated rings. The molecule has 0 atom stereocenters. The SMILES string of the molecule is Oc1c(Cl)cc(/C=N/Nc2ccccc2)cc1Cl. The van der Waals surface area contributed by atoms with Gasteiger partial charge < -0.3 is 5.11 Å². The first-order valence-corrected chi connectivity index (χ1v) is 5.94. The second-order valence-electron chi connectivity index (χ2n) is 3.57. The highest BCUT2D eigenvalue weighted by Crippen LogP contribution is 2.32. The van der Waals surface area contributed by atoms with Crippen molar-refractivity contribution in [1.82, 2.24) is 0 Å². The number of hydrazone groups is 1. The number of rotatable bonds is 3. The molecule has 3 nitrogen and oxygen atoms in total. The smallest absolute Gasteiger partial charge is 0.152 e. The molecule has 0 unspecified atom stereocenters. The summed E-state index contributed by atoms with van der Waals surface area (Å²) in [5.74, 6) is -0.119. The van der Waals surface area contributed by atoms with Crippen molar-refractivity contribution in [1.29, 1.82) is 0 Å². The van der Waals surface area contributed by atoms with Gasteiger partial charge in [0.25, 0.3) is 0 Å². The normalized spacial score (nSPS) is 10.8. The lowest BCUT2D eigenvalue weighted by atomic mass is 10.2. The largest absolute Gasteiger partial charge is 0.505 e. The fourth-order valence-corrected chi connectivity index (χ4v) is 1.86. The first-order chi connectivity index (χ1) is 8.66.